The van der Waals surface area contributed by atoms with Crippen molar-refractivity contribution < 1.29 is 22.3 Å². The average molecular weight is 447 g/mol. The molecule has 0 fully saturated rings. The van der Waals surface area contributed by atoms with Crippen LogP contribution < -0.4 is 10.2 Å². The van der Waals surface area contributed by atoms with Gasteiger partial charge in [0.2, 0.25) is 11.2 Å². The molecule has 0 atom stereocenters. The first-order chi connectivity index (χ1) is 14.8. The molecule has 8 heteroatoms. The summed E-state index contributed by atoms with van der Waals surface area (Å²) in [4.78, 5) is 15.4. The first kappa shape index (κ1) is 21.5. The molecule has 31 heavy (non-hydrogen) atoms. The van der Waals surface area contributed by atoms with Gasteiger partial charge in [0.15, 0.2) is 0 Å². The van der Waals surface area contributed by atoms with Crippen LogP contribution in [0.4, 0.5) is 13.2 Å². The number of fused-ring (bicyclic) bond motifs is 1. The van der Waals surface area contributed by atoms with E-state index in [0.717, 1.165) is 22.1 Å². The molecule has 0 saturated carbocycles. The summed E-state index contributed by atoms with van der Waals surface area (Å²) >= 11 is 1.65. The lowest BCUT2D eigenvalue weighted by Crippen LogP contribution is -2.17. The Morgan fingerprint density at radius 1 is 1.06 bits per heavy atom. The summed E-state index contributed by atoms with van der Waals surface area (Å²) in [6.45, 7) is 1.44. The van der Waals surface area contributed by atoms with Gasteiger partial charge in [-0.1, -0.05) is 18.2 Å². The zero-order chi connectivity index (χ0) is 22.0. The summed E-state index contributed by atoms with van der Waals surface area (Å²) in [5.74, 6) is 0.558. The van der Waals surface area contributed by atoms with Gasteiger partial charge in [-0.3, -0.25) is 9.69 Å². The molecule has 2 heterocycles. The van der Waals surface area contributed by atoms with Crippen molar-refractivity contribution in [1.29, 1.82) is 0 Å². The Bertz CT molecular complexity index is 1130. The van der Waals surface area contributed by atoms with Gasteiger partial charge in [-0.25, -0.2) is 0 Å². The van der Waals surface area contributed by atoms with Crippen LogP contribution in [0.15, 0.2) is 68.9 Å². The molecule has 0 bridgehead atoms. The van der Waals surface area contributed by atoms with E-state index >= 15 is 0 Å². The van der Waals surface area contributed by atoms with Crippen molar-refractivity contribution in [2.75, 3.05) is 6.26 Å². The largest absolute Gasteiger partial charge is 0.482 e. The maximum atomic E-state index is 12.9. The Hall–Kier alpha value is -2.71. The average Bonchev–Trinajstić information content (AvgIpc) is 3.14. The summed E-state index contributed by atoms with van der Waals surface area (Å²) in [5, 5.41) is 0. The Morgan fingerprint density at radius 3 is 2.48 bits per heavy atom. The molecule has 0 radical (unpaired) electrons. The number of ether oxygens (including phenoxy) is 1. The molecule has 4 nitrogen and oxygen atoms in total. The van der Waals surface area contributed by atoms with Crippen molar-refractivity contribution >= 4 is 11.8 Å². The van der Waals surface area contributed by atoms with Crippen molar-refractivity contribution in [2.45, 2.75) is 37.3 Å². The quantitative estimate of drug-likeness (QED) is 0.469. The zero-order valence-electron chi connectivity index (χ0n) is 16.7. The fourth-order valence-electron chi connectivity index (χ4n) is 3.48. The molecule has 1 aromatic heterocycles. The molecule has 3 aromatic rings. The van der Waals surface area contributed by atoms with E-state index in [-0.39, 0.29) is 17.8 Å². The topological polar surface area (TPSA) is 42.7 Å². The third-order valence-electron chi connectivity index (χ3n) is 5.11. The second kappa shape index (κ2) is 8.80. The lowest BCUT2D eigenvalue weighted by Gasteiger charge is -2.14. The molecule has 1 aliphatic rings. The number of alkyl halides is 3. The van der Waals surface area contributed by atoms with Gasteiger partial charge in [0.05, 0.1) is 12.1 Å². The van der Waals surface area contributed by atoms with Gasteiger partial charge in [0.1, 0.15) is 18.6 Å². The second-order valence-electron chi connectivity index (χ2n) is 7.34. The Balaban J connectivity index is 1.37. The van der Waals surface area contributed by atoms with E-state index in [1.54, 1.807) is 11.8 Å². The monoisotopic (exact) mass is 447 g/mol. The van der Waals surface area contributed by atoms with Crippen LogP contribution >= 0.6 is 11.8 Å². The van der Waals surface area contributed by atoms with Crippen LogP contribution in [0.5, 0.6) is 5.75 Å². The highest BCUT2D eigenvalue weighted by Crippen LogP contribution is 2.33. The SMILES string of the molecule is CSc1ccc(COc2coc(CN3Cc4ccc(C(F)(F)F)cc4C3)cc2=O)cc1. The summed E-state index contributed by atoms with van der Waals surface area (Å²) in [5.41, 5.74) is 1.49. The van der Waals surface area contributed by atoms with Gasteiger partial charge < -0.3 is 9.15 Å². The number of benzene rings is 2. The molecule has 162 valence electrons. The standard InChI is InChI=1S/C23H20F3NO3S/c1-31-20-6-2-15(3-7-20)13-30-22-14-29-19(9-21(22)28)12-27-10-16-4-5-18(23(24,25)26)8-17(16)11-27/h2-9,14H,10-13H2,1H3. The minimum atomic E-state index is -4.36. The molecule has 0 amide bonds. The molecule has 0 spiro atoms. The minimum Gasteiger partial charge on any atom is -0.482 e. The predicted octanol–water partition coefficient (Wildman–Crippen LogP) is 5.48. The lowest BCUT2D eigenvalue weighted by atomic mass is 10.1. The fraction of sp³-hybridized carbons (Fsp3) is 0.261. The van der Waals surface area contributed by atoms with E-state index in [1.807, 2.05) is 35.4 Å². The van der Waals surface area contributed by atoms with Crippen LogP contribution in [-0.4, -0.2) is 11.2 Å². The molecule has 0 unspecified atom stereocenters. The highest BCUT2D eigenvalue weighted by Gasteiger charge is 2.32. The van der Waals surface area contributed by atoms with E-state index in [0.29, 0.717) is 31.0 Å². The second-order valence-corrected chi connectivity index (χ2v) is 8.22. The molecule has 1 aliphatic heterocycles. The van der Waals surface area contributed by atoms with Crippen LogP contribution in [0.2, 0.25) is 0 Å². The van der Waals surface area contributed by atoms with Crippen LogP contribution in [0.1, 0.15) is 28.0 Å². The van der Waals surface area contributed by atoms with Crippen molar-refractivity contribution in [3.8, 4) is 5.75 Å². The van der Waals surface area contributed by atoms with Gasteiger partial charge >= 0.3 is 6.18 Å². The van der Waals surface area contributed by atoms with Gasteiger partial charge in [-0.05, 0) is 47.2 Å². The van der Waals surface area contributed by atoms with E-state index < -0.39 is 11.7 Å². The minimum absolute atomic E-state index is 0.122. The predicted molar refractivity (Wildman–Crippen MR) is 112 cm³/mol. The number of rotatable bonds is 6. The van der Waals surface area contributed by atoms with Crippen LogP contribution in [0.3, 0.4) is 0 Å². The number of hydrogen-bond acceptors (Lipinski definition) is 5. The van der Waals surface area contributed by atoms with Crippen LogP contribution in [0, 0.1) is 0 Å². The summed E-state index contributed by atoms with van der Waals surface area (Å²) in [6, 6.07) is 13.0. The van der Waals surface area contributed by atoms with Crippen molar-refractivity contribution in [3.05, 3.63) is 93.0 Å². The fourth-order valence-corrected chi connectivity index (χ4v) is 3.89. The first-order valence-corrected chi connectivity index (χ1v) is 10.8. The number of halogens is 3. The van der Waals surface area contributed by atoms with Crippen molar-refractivity contribution in [2.24, 2.45) is 0 Å². The molecular formula is C23H20F3NO3S. The molecule has 4 rings (SSSR count). The van der Waals surface area contributed by atoms with Gasteiger partial charge in [0, 0.05) is 24.1 Å². The van der Waals surface area contributed by atoms with Crippen molar-refractivity contribution in [3.63, 3.8) is 0 Å². The normalized spacial score (nSPS) is 13.9. The molecular weight excluding hydrogens is 427 g/mol. The number of thioether (sulfide) groups is 1. The van der Waals surface area contributed by atoms with Gasteiger partial charge in [0.25, 0.3) is 0 Å². The maximum Gasteiger partial charge on any atom is 0.416 e. The van der Waals surface area contributed by atoms with Crippen LogP contribution in [0.25, 0.3) is 0 Å². The molecule has 0 N–H and O–H groups in total. The van der Waals surface area contributed by atoms with Crippen LogP contribution in [-0.2, 0) is 32.4 Å². The number of nitrogens with zero attached hydrogens (tertiary/aromatic N) is 1. The van der Waals surface area contributed by atoms with Gasteiger partial charge in [-0.2, -0.15) is 13.2 Å². The maximum absolute atomic E-state index is 12.9. The third-order valence-corrected chi connectivity index (χ3v) is 5.85. The number of hydrogen-bond donors (Lipinski definition) is 0. The molecule has 2 aromatic carbocycles. The van der Waals surface area contributed by atoms with E-state index in [2.05, 4.69) is 0 Å². The highest BCUT2D eigenvalue weighted by molar-refractivity contribution is 7.98. The summed E-state index contributed by atoms with van der Waals surface area (Å²) in [6.07, 6.45) is -1.07. The Kier molecular flexibility index (Phi) is 6.11. The summed E-state index contributed by atoms with van der Waals surface area (Å²) in [7, 11) is 0. The smallest absolute Gasteiger partial charge is 0.416 e. The molecule has 0 saturated heterocycles. The molecule has 0 aliphatic carbocycles. The zero-order valence-corrected chi connectivity index (χ0v) is 17.6. The lowest BCUT2D eigenvalue weighted by molar-refractivity contribution is -0.137. The van der Waals surface area contributed by atoms with Gasteiger partial charge in [-0.15, -0.1) is 11.8 Å². The highest BCUT2D eigenvalue weighted by atomic mass is 32.2. The summed E-state index contributed by atoms with van der Waals surface area (Å²) < 4.78 is 49.9. The van der Waals surface area contributed by atoms with E-state index in [4.69, 9.17) is 9.15 Å². The Labute approximate surface area is 181 Å². The van der Waals surface area contributed by atoms with Crippen molar-refractivity contribution in [1.82, 2.24) is 4.90 Å². The first-order valence-electron chi connectivity index (χ1n) is 9.60. The Morgan fingerprint density at radius 2 is 1.81 bits per heavy atom. The van der Waals surface area contributed by atoms with E-state index in [9.17, 15) is 18.0 Å². The third kappa shape index (κ3) is 5.14. The van der Waals surface area contributed by atoms with E-state index in [1.165, 1.54) is 24.5 Å².